The number of nitrogens with zero attached hydrogens (tertiary/aromatic N) is 4. The first-order valence-electron chi connectivity index (χ1n) is 9.16. The number of hydrogen-bond acceptors (Lipinski definition) is 6. The third-order valence-electron chi connectivity index (χ3n) is 5.05. The number of aromatic nitrogens is 3. The zero-order valence-corrected chi connectivity index (χ0v) is 16.9. The maximum absolute atomic E-state index is 12.7. The molecule has 3 rings (SSSR count). The fourth-order valence-electron chi connectivity index (χ4n) is 3.15. The second-order valence-electron chi connectivity index (χ2n) is 7.00. The fourth-order valence-corrected chi connectivity index (χ4v) is 4.14. The van der Waals surface area contributed by atoms with Crippen molar-refractivity contribution < 1.29 is 21.6 Å². The van der Waals surface area contributed by atoms with E-state index in [1.165, 1.54) is 0 Å². The van der Waals surface area contributed by atoms with E-state index in [2.05, 4.69) is 20.3 Å². The number of rotatable bonds is 5. The molecule has 0 radical (unpaired) electrons. The highest BCUT2D eigenvalue weighted by atomic mass is 32.2. The van der Waals surface area contributed by atoms with Crippen LogP contribution in [0, 0.1) is 19.8 Å². The van der Waals surface area contributed by atoms with Crippen LogP contribution in [0.15, 0.2) is 24.4 Å². The molecule has 3 heterocycles. The maximum atomic E-state index is 12.7. The molecule has 7 nitrogen and oxygen atoms in total. The molecule has 1 aliphatic heterocycles. The molecule has 1 fully saturated rings. The predicted molar refractivity (Wildman–Crippen MR) is 102 cm³/mol. The van der Waals surface area contributed by atoms with E-state index in [1.807, 2.05) is 26.0 Å². The molecule has 2 aromatic rings. The van der Waals surface area contributed by atoms with Crippen LogP contribution in [0.1, 0.15) is 24.1 Å². The van der Waals surface area contributed by atoms with E-state index in [1.54, 1.807) is 12.3 Å². The number of hydrogen-bond donors (Lipinski definition) is 1. The highest BCUT2D eigenvalue weighted by Gasteiger charge is 2.50. The van der Waals surface area contributed by atoms with Crippen molar-refractivity contribution in [3.63, 3.8) is 0 Å². The van der Waals surface area contributed by atoms with Crippen LogP contribution in [-0.4, -0.2) is 52.8 Å². The summed E-state index contributed by atoms with van der Waals surface area (Å²) in [7, 11) is -5.25. The summed E-state index contributed by atoms with van der Waals surface area (Å²) in [6, 6.07) is 5.45. The summed E-state index contributed by atoms with van der Waals surface area (Å²) in [5.41, 5.74) is -2.93. The molecule has 0 atom stereocenters. The molecule has 0 aromatic carbocycles. The van der Waals surface area contributed by atoms with Crippen molar-refractivity contribution in [3.8, 4) is 11.5 Å². The fraction of sp³-hybridized carbons (Fsp3) is 0.500. The molecule has 0 spiro atoms. The molecule has 0 amide bonds. The van der Waals surface area contributed by atoms with Gasteiger partial charge in [0.2, 0.25) is 0 Å². The number of sulfonamides is 1. The Kier molecular flexibility index (Phi) is 6.08. The normalized spacial score (nSPS) is 16.7. The van der Waals surface area contributed by atoms with Crippen molar-refractivity contribution in [2.24, 2.45) is 5.92 Å². The lowest BCUT2D eigenvalue weighted by Gasteiger charge is -2.31. The van der Waals surface area contributed by atoms with Crippen LogP contribution in [0.2, 0.25) is 0 Å². The first-order chi connectivity index (χ1) is 13.6. The summed E-state index contributed by atoms with van der Waals surface area (Å²) >= 11 is 0. The summed E-state index contributed by atoms with van der Waals surface area (Å²) in [5.74, 6) is 1.17. The van der Waals surface area contributed by atoms with Gasteiger partial charge in [0.1, 0.15) is 11.5 Å². The maximum Gasteiger partial charge on any atom is 0.511 e. The SMILES string of the molecule is Cc1nc(-c2ccccn2)nc(NCC2CCN(S(=O)(=O)C(F)(F)F)CC2)c1C. The van der Waals surface area contributed by atoms with Gasteiger partial charge in [-0.2, -0.15) is 17.5 Å². The number of aryl methyl sites for hydroxylation is 1. The molecule has 1 saturated heterocycles. The van der Waals surface area contributed by atoms with Gasteiger partial charge in [-0.05, 0) is 44.7 Å². The topological polar surface area (TPSA) is 88.1 Å². The molecule has 0 saturated carbocycles. The Morgan fingerprint density at radius 1 is 1.17 bits per heavy atom. The van der Waals surface area contributed by atoms with Gasteiger partial charge in [-0.25, -0.2) is 18.4 Å². The van der Waals surface area contributed by atoms with Gasteiger partial charge < -0.3 is 5.32 Å². The summed E-state index contributed by atoms with van der Waals surface area (Å²) in [6.45, 7) is 3.96. The van der Waals surface area contributed by atoms with E-state index < -0.39 is 15.5 Å². The molecule has 11 heteroatoms. The minimum absolute atomic E-state index is 0.0441. The van der Waals surface area contributed by atoms with Crippen molar-refractivity contribution in [1.29, 1.82) is 0 Å². The Morgan fingerprint density at radius 3 is 2.45 bits per heavy atom. The van der Waals surface area contributed by atoms with Crippen LogP contribution in [0.4, 0.5) is 19.0 Å². The zero-order valence-electron chi connectivity index (χ0n) is 16.1. The number of nitrogens with one attached hydrogen (secondary N) is 1. The summed E-state index contributed by atoms with van der Waals surface area (Å²) in [5, 5.41) is 3.25. The molecular formula is C18H22F3N5O2S. The molecule has 29 heavy (non-hydrogen) atoms. The van der Waals surface area contributed by atoms with E-state index >= 15 is 0 Å². The van der Waals surface area contributed by atoms with Crippen LogP contribution < -0.4 is 5.32 Å². The number of piperidine rings is 1. The minimum Gasteiger partial charge on any atom is -0.369 e. The Morgan fingerprint density at radius 2 is 1.86 bits per heavy atom. The third kappa shape index (κ3) is 4.67. The second-order valence-corrected chi connectivity index (χ2v) is 8.92. The smallest absolute Gasteiger partial charge is 0.369 e. The lowest BCUT2D eigenvalue weighted by atomic mass is 9.98. The van der Waals surface area contributed by atoms with Crippen LogP contribution in [0.5, 0.6) is 0 Å². The van der Waals surface area contributed by atoms with Crippen LogP contribution in [-0.2, 0) is 10.0 Å². The van der Waals surface area contributed by atoms with Gasteiger partial charge in [-0.3, -0.25) is 4.98 Å². The largest absolute Gasteiger partial charge is 0.511 e. The lowest BCUT2D eigenvalue weighted by molar-refractivity contribution is -0.0496. The Balaban J connectivity index is 1.65. The molecule has 1 N–H and O–H groups in total. The van der Waals surface area contributed by atoms with Crippen molar-refractivity contribution in [3.05, 3.63) is 35.7 Å². The lowest BCUT2D eigenvalue weighted by Crippen LogP contribution is -2.45. The van der Waals surface area contributed by atoms with Crippen molar-refractivity contribution in [2.75, 3.05) is 25.0 Å². The highest BCUT2D eigenvalue weighted by molar-refractivity contribution is 7.90. The van der Waals surface area contributed by atoms with Crippen molar-refractivity contribution >= 4 is 15.8 Å². The Labute approximate surface area is 167 Å². The van der Waals surface area contributed by atoms with Crippen LogP contribution in [0.25, 0.3) is 11.5 Å². The third-order valence-corrected chi connectivity index (χ3v) is 6.68. The predicted octanol–water partition coefficient (Wildman–Crippen LogP) is 3.13. The van der Waals surface area contributed by atoms with E-state index in [4.69, 9.17) is 0 Å². The molecule has 158 valence electrons. The van der Waals surface area contributed by atoms with Crippen LogP contribution in [0.3, 0.4) is 0 Å². The van der Waals surface area contributed by atoms with Gasteiger partial charge in [0.15, 0.2) is 5.82 Å². The van der Waals surface area contributed by atoms with Crippen molar-refractivity contribution in [2.45, 2.75) is 32.2 Å². The van der Waals surface area contributed by atoms with Crippen molar-refractivity contribution in [1.82, 2.24) is 19.3 Å². The number of alkyl halides is 3. The van der Waals surface area contributed by atoms with E-state index in [9.17, 15) is 21.6 Å². The second kappa shape index (κ2) is 8.23. The van der Waals surface area contributed by atoms with Gasteiger partial charge in [0.05, 0.1) is 0 Å². The molecule has 1 aliphatic rings. The molecule has 0 unspecified atom stereocenters. The van der Waals surface area contributed by atoms with E-state index in [0.29, 0.717) is 41.0 Å². The van der Waals surface area contributed by atoms with Gasteiger partial charge in [0, 0.05) is 37.1 Å². The number of anilines is 1. The standard InChI is InChI=1S/C18H22F3N5O2S/c1-12-13(2)24-17(15-5-3-4-8-22-15)25-16(12)23-11-14-6-9-26(10-7-14)29(27,28)18(19,20)21/h3-5,8,14H,6-7,9-11H2,1-2H3,(H,23,24,25). The Hall–Kier alpha value is -2.27. The van der Waals surface area contributed by atoms with Gasteiger partial charge >= 0.3 is 15.5 Å². The molecule has 0 bridgehead atoms. The number of pyridine rings is 1. The highest BCUT2D eigenvalue weighted by Crippen LogP contribution is 2.30. The van der Waals surface area contributed by atoms with Gasteiger partial charge in [-0.1, -0.05) is 6.07 Å². The monoisotopic (exact) mass is 429 g/mol. The minimum atomic E-state index is -5.25. The van der Waals surface area contributed by atoms with E-state index in [-0.39, 0.29) is 19.0 Å². The molecular weight excluding hydrogens is 407 g/mol. The number of halogens is 3. The van der Waals surface area contributed by atoms with Crippen LogP contribution >= 0.6 is 0 Å². The Bertz CT molecular complexity index is 959. The summed E-state index contributed by atoms with van der Waals surface area (Å²) < 4.78 is 61.6. The zero-order chi connectivity index (χ0) is 21.2. The summed E-state index contributed by atoms with van der Waals surface area (Å²) in [4.78, 5) is 13.3. The average molecular weight is 429 g/mol. The first kappa shape index (κ1) is 21.4. The van der Waals surface area contributed by atoms with Gasteiger partial charge in [0.25, 0.3) is 0 Å². The average Bonchev–Trinajstić information content (AvgIpc) is 2.69. The van der Waals surface area contributed by atoms with E-state index in [0.717, 1.165) is 11.3 Å². The first-order valence-corrected chi connectivity index (χ1v) is 10.6. The van der Waals surface area contributed by atoms with Gasteiger partial charge in [-0.15, -0.1) is 0 Å². The molecule has 2 aromatic heterocycles. The summed E-state index contributed by atoms with van der Waals surface area (Å²) in [6.07, 6.45) is 2.35. The molecule has 0 aliphatic carbocycles. The quantitative estimate of drug-likeness (QED) is 0.786.